The summed E-state index contributed by atoms with van der Waals surface area (Å²) in [6.07, 6.45) is 1.30. The van der Waals surface area contributed by atoms with Crippen molar-refractivity contribution < 1.29 is 13.9 Å². The van der Waals surface area contributed by atoms with E-state index < -0.39 is 5.82 Å². The van der Waals surface area contributed by atoms with E-state index in [4.69, 9.17) is 15.2 Å². The van der Waals surface area contributed by atoms with Gasteiger partial charge in [-0.15, -0.1) is 10.2 Å². The lowest BCUT2D eigenvalue weighted by Crippen LogP contribution is -1.98. The number of anilines is 1. The third-order valence-corrected chi connectivity index (χ3v) is 3.22. The van der Waals surface area contributed by atoms with Crippen molar-refractivity contribution in [2.45, 2.75) is 6.92 Å². The minimum atomic E-state index is -0.455. The van der Waals surface area contributed by atoms with Crippen molar-refractivity contribution in [2.75, 3.05) is 19.5 Å². The molecule has 1 aromatic carbocycles. The van der Waals surface area contributed by atoms with Gasteiger partial charge in [0.05, 0.1) is 19.4 Å². The average Bonchev–Trinajstić information content (AvgIpc) is 2.92. The standard InChI is InChI=1S/C15H15FN4O2/c1-3-22-12-5-4-9(6-13(12)21-2)14-18-19-15-11(17)7-10(16)8-20(14)15/h4-8H,3,17H2,1-2H3. The van der Waals surface area contributed by atoms with E-state index in [-0.39, 0.29) is 5.69 Å². The van der Waals surface area contributed by atoms with Crippen molar-refractivity contribution >= 4 is 11.3 Å². The molecule has 3 aromatic rings. The van der Waals surface area contributed by atoms with Crippen LogP contribution in [-0.2, 0) is 0 Å². The number of rotatable bonds is 4. The molecule has 2 aromatic heterocycles. The predicted molar refractivity (Wildman–Crippen MR) is 80.5 cm³/mol. The minimum absolute atomic E-state index is 0.233. The minimum Gasteiger partial charge on any atom is -0.493 e. The number of hydrogen-bond donors (Lipinski definition) is 1. The van der Waals surface area contributed by atoms with Crippen LogP contribution in [0.2, 0.25) is 0 Å². The van der Waals surface area contributed by atoms with E-state index in [9.17, 15) is 4.39 Å². The van der Waals surface area contributed by atoms with Gasteiger partial charge in [0.15, 0.2) is 23.0 Å². The second kappa shape index (κ2) is 5.51. The number of ether oxygens (including phenoxy) is 2. The number of aromatic nitrogens is 3. The summed E-state index contributed by atoms with van der Waals surface area (Å²) in [7, 11) is 1.56. The van der Waals surface area contributed by atoms with Crippen LogP contribution in [-0.4, -0.2) is 28.3 Å². The van der Waals surface area contributed by atoms with Gasteiger partial charge in [0, 0.05) is 17.8 Å². The van der Waals surface area contributed by atoms with E-state index >= 15 is 0 Å². The summed E-state index contributed by atoms with van der Waals surface area (Å²) in [4.78, 5) is 0. The molecule has 6 nitrogen and oxygen atoms in total. The van der Waals surface area contributed by atoms with E-state index in [0.29, 0.717) is 29.6 Å². The van der Waals surface area contributed by atoms with Crippen molar-refractivity contribution in [3.8, 4) is 22.9 Å². The number of benzene rings is 1. The van der Waals surface area contributed by atoms with Gasteiger partial charge in [0.2, 0.25) is 0 Å². The first kappa shape index (κ1) is 14.1. The summed E-state index contributed by atoms with van der Waals surface area (Å²) in [5.74, 6) is 1.22. The Hall–Kier alpha value is -2.83. The Kier molecular flexibility index (Phi) is 3.54. The quantitative estimate of drug-likeness (QED) is 0.801. The van der Waals surface area contributed by atoms with Gasteiger partial charge in [-0.2, -0.15) is 0 Å². The second-order valence-electron chi connectivity index (χ2n) is 4.63. The van der Waals surface area contributed by atoms with Gasteiger partial charge in [0.1, 0.15) is 5.82 Å². The maximum absolute atomic E-state index is 13.6. The third kappa shape index (κ3) is 2.30. The predicted octanol–water partition coefficient (Wildman–Crippen LogP) is 2.52. The van der Waals surface area contributed by atoms with E-state index in [1.54, 1.807) is 19.2 Å². The van der Waals surface area contributed by atoms with Gasteiger partial charge in [-0.3, -0.25) is 4.40 Å². The Labute approximate surface area is 126 Å². The summed E-state index contributed by atoms with van der Waals surface area (Å²) in [6, 6.07) is 6.57. The molecular formula is C15H15FN4O2. The normalized spacial score (nSPS) is 10.9. The highest BCUT2D eigenvalue weighted by Gasteiger charge is 2.14. The maximum atomic E-state index is 13.6. The summed E-state index contributed by atoms with van der Waals surface area (Å²) >= 11 is 0. The fraction of sp³-hybridized carbons (Fsp3) is 0.200. The molecule has 0 aliphatic carbocycles. The Bertz CT molecular complexity index is 832. The summed E-state index contributed by atoms with van der Waals surface area (Å²) in [5.41, 5.74) is 7.12. The summed E-state index contributed by atoms with van der Waals surface area (Å²) in [6.45, 7) is 2.43. The Morgan fingerprint density at radius 1 is 1.23 bits per heavy atom. The Morgan fingerprint density at radius 2 is 2.05 bits per heavy atom. The van der Waals surface area contributed by atoms with E-state index in [0.717, 1.165) is 5.56 Å². The number of hydrogen-bond acceptors (Lipinski definition) is 5. The number of nitrogens with two attached hydrogens (primary N) is 1. The number of halogens is 1. The van der Waals surface area contributed by atoms with Crippen molar-refractivity contribution in [2.24, 2.45) is 0 Å². The lowest BCUT2D eigenvalue weighted by Gasteiger charge is -2.10. The molecule has 7 heteroatoms. The SMILES string of the molecule is CCOc1ccc(-c2nnc3c(N)cc(F)cn23)cc1OC. The first-order valence-corrected chi connectivity index (χ1v) is 6.75. The molecule has 0 aliphatic heterocycles. The molecule has 0 aliphatic rings. The van der Waals surface area contributed by atoms with Crippen molar-refractivity contribution in [3.63, 3.8) is 0 Å². The number of pyridine rings is 1. The topological polar surface area (TPSA) is 74.7 Å². The number of nitrogen functional groups attached to an aromatic ring is 1. The molecular weight excluding hydrogens is 287 g/mol. The highest BCUT2D eigenvalue weighted by atomic mass is 19.1. The second-order valence-corrected chi connectivity index (χ2v) is 4.63. The molecule has 0 atom stereocenters. The summed E-state index contributed by atoms with van der Waals surface area (Å²) in [5, 5.41) is 8.09. The van der Waals surface area contributed by atoms with Gasteiger partial charge < -0.3 is 15.2 Å². The van der Waals surface area contributed by atoms with Crippen LogP contribution in [0, 0.1) is 5.82 Å². The van der Waals surface area contributed by atoms with Crippen molar-refractivity contribution in [3.05, 3.63) is 36.3 Å². The molecule has 3 rings (SSSR count). The molecule has 0 bridgehead atoms. The van der Waals surface area contributed by atoms with Crippen molar-refractivity contribution in [1.82, 2.24) is 14.6 Å². The zero-order valence-corrected chi connectivity index (χ0v) is 12.2. The highest BCUT2D eigenvalue weighted by Crippen LogP contribution is 2.32. The summed E-state index contributed by atoms with van der Waals surface area (Å²) < 4.78 is 25.9. The molecule has 0 fully saturated rings. The fourth-order valence-corrected chi connectivity index (χ4v) is 2.26. The van der Waals surface area contributed by atoms with Gasteiger partial charge in [-0.25, -0.2) is 4.39 Å². The third-order valence-electron chi connectivity index (χ3n) is 3.22. The van der Waals surface area contributed by atoms with Gasteiger partial charge in [-0.1, -0.05) is 0 Å². The first-order valence-electron chi connectivity index (χ1n) is 6.75. The van der Waals surface area contributed by atoms with Gasteiger partial charge in [-0.05, 0) is 25.1 Å². The van der Waals surface area contributed by atoms with Crippen LogP contribution in [0.3, 0.4) is 0 Å². The van der Waals surface area contributed by atoms with Crippen LogP contribution in [0.25, 0.3) is 17.0 Å². The number of fused-ring (bicyclic) bond motifs is 1. The Balaban J connectivity index is 2.15. The van der Waals surface area contributed by atoms with Gasteiger partial charge in [0.25, 0.3) is 0 Å². The van der Waals surface area contributed by atoms with E-state index in [1.165, 1.54) is 16.7 Å². The molecule has 0 saturated heterocycles. The molecule has 114 valence electrons. The van der Waals surface area contributed by atoms with Crippen LogP contribution in [0.5, 0.6) is 11.5 Å². The van der Waals surface area contributed by atoms with Crippen LogP contribution in [0.15, 0.2) is 30.5 Å². The van der Waals surface area contributed by atoms with Gasteiger partial charge >= 0.3 is 0 Å². The van der Waals surface area contributed by atoms with Crippen LogP contribution >= 0.6 is 0 Å². The Morgan fingerprint density at radius 3 is 2.77 bits per heavy atom. The molecule has 0 unspecified atom stereocenters. The maximum Gasteiger partial charge on any atom is 0.184 e. The van der Waals surface area contributed by atoms with E-state index in [2.05, 4.69) is 10.2 Å². The van der Waals surface area contributed by atoms with E-state index in [1.807, 2.05) is 13.0 Å². The van der Waals surface area contributed by atoms with Crippen LogP contribution < -0.4 is 15.2 Å². The zero-order chi connectivity index (χ0) is 15.7. The number of methoxy groups -OCH3 is 1. The molecule has 0 saturated carbocycles. The zero-order valence-electron chi connectivity index (χ0n) is 12.2. The molecule has 0 spiro atoms. The number of nitrogens with zero attached hydrogens (tertiary/aromatic N) is 3. The van der Waals surface area contributed by atoms with Crippen molar-refractivity contribution in [1.29, 1.82) is 0 Å². The molecule has 2 N–H and O–H groups in total. The largest absolute Gasteiger partial charge is 0.493 e. The lowest BCUT2D eigenvalue weighted by molar-refractivity contribution is 0.311. The van der Waals surface area contributed by atoms with Crippen LogP contribution in [0.1, 0.15) is 6.92 Å². The lowest BCUT2D eigenvalue weighted by atomic mass is 10.2. The molecule has 0 amide bonds. The molecule has 0 radical (unpaired) electrons. The average molecular weight is 302 g/mol. The molecule has 22 heavy (non-hydrogen) atoms. The fourth-order valence-electron chi connectivity index (χ4n) is 2.26. The van der Waals surface area contributed by atoms with Crippen LogP contribution in [0.4, 0.5) is 10.1 Å². The first-order chi connectivity index (χ1) is 10.6. The monoisotopic (exact) mass is 302 g/mol. The molecule has 2 heterocycles. The smallest absolute Gasteiger partial charge is 0.184 e. The highest BCUT2D eigenvalue weighted by molar-refractivity contribution is 5.70.